The summed E-state index contributed by atoms with van der Waals surface area (Å²) < 4.78 is 15.8. The lowest BCUT2D eigenvalue weighted by atomic mass is 10.1. The quantitative estimate of drug-likeness (QED) is 0.536. The highest BCUT2D eigenvalue weighted by Crippen LogP contribution is 2.21. The van der Waals surface area contributed by atoms with E-state index >= 15 is 0 Å². The summed E-state index contributed by atoms with van der Waals surface area (Å²) in [7, 11) is 0. The van der Waals surface area contributed by atoms with Crippen LogP contribution in [0.1, 0.15) is 62.2 Å². The van der Waals surface area contributed by atoms with Crippen LogP contribution >= 0.6 is 0 Å². The van der Waals surface area contributed by atoms with Gasteiger partial charge in [0.15, 0.2) is 5.89 Å². The minimum atomic E-state index is -0.435. The molecule has 0 spiro atoms. The predicted molar refractivity (Wildman–Crippen MR) is 71.4 cm³/mol. The van der Waals surface area contributed by atoms with Crippen LogP contribution < -0.4 is 0 Å². The van der Waals surface area contributed by atoms with E-state index in [0.29, 0.717) is 37.8 Å². The summed E-state index contributed by atoms with van der Waals surface area (Å²) in [4.78, 5) is 16.2. The van der Waals surface area contributed by atoms with Crippen molar-refractivity contribution in [3.05, 3.63) is 17.3 Å². The van der Waals surface area contributed by atoms with Gasteiger partial charge in [-0.2, -0.15) is 0 Å². The van der Waals surface area contributed by atoms with Crippen molar-refractivity contribution >= 4 is 5.97 Å². The summed E-state index contributed by atoms with van der Waals surface area (Å²) in [5.41, 5.74) is 0.671. The van der Waals surface area contributed by atoms with E-state index in [1.807, 2.05) is 20.8 Å². The summed E-state index contributed by atoms with van der Waals surface area (Å²) in [5, 5.41) is 0. The summed E-state index contributed by atoms with van der Waals surface area (Å²) in [5.74, 6) is 0.508. The van der Waals surface area contributed by atoms with E-state index in [9.17, 15) is 4.79 Å². The highest BCUT2D eigenvalue weighted by Gasteiger charge is 2.23. The molecule has 1 aromatic rings. The zero-order chi connectivity index (χ0) is 14.3. The Labute approximate surface area is 114 Å². The number of carbonyl (C=O) groups excluding carboxylic acids is 1. The molecule has 0 radical (unpaired) electrons. The topological polar surface area (TPSA) is 61.6 Å². The highest BCUT2D eigenvalue weighted by molar-refractivity contribution is 5.87. The van der Waals surface area contributed by atoms with Gasteiger partial charge >= 0.3 is 5.97 Å². The molecule has 0 unspecified atom stereocenters. The van der Waals surface area contributed by atoms with Crippen LogP contribution in [0, 0.1) is 0 Å². The largest absolute Gasteiger partial charge is 0.460 e. The molecule has 0 N–H and O–H groups in total. The third-order valence-corrected chi connectivity index (χ3v) is 2.59. The van der Waals surface area contributed by atoms with Crippen LogP contribution in [0.2, 0.25) is 0 Å². The summed E-state index contributed by atoms with van der Waals surface area (Å²) in [6.45, 7) is 9.39. The van der Waals surface area contributed by atoms with E-state index in [2.05, 4.69) is 4.98 Å². The number of rotatable bonds is 8. The number of esters is 1. The van der Waals surface area contributed by atoms with Gasteiger partial charge in [0.05, 0.1) is 12.3 Å². The molecule has 0 amide bonds. The van der Waals surface area contributed by atoms with Crippen molar-refractivity contribution in [2.24, 2.45) is 0 Å². The average molecular weight is 269 g/mol. The summed E-state index contributed by atoms with van der Waals surface area (Å²) >= 11 is 0. The first-order chi connectivity index (χ1) is 9.10. The van der Waals surface area contributed by atoms with Crippen LogP contribution in [0.4, 0.5) is 0 Å². The predicted octanol–water partition coefficient (Wildman–Crippen LogP) is 2.94. The van der Waals surface area contributed by atoms with Crippen LogP contribution in [-0.2, 0) is 15.9 Å². The highest BCUT2D eigenvalue weighted by atomic mass is 16.5. The smallest absolute Gasteiger partial charge is 0.376 e. The molecule has 0 aliphatic carbocycles. The Morgan fingerprint density at radius 2 is 2.05 bits per heavy atom. The fraction of sp³-hybridized carbons (Fsp3) is 0.714. The Kier molecular flexibility index (Phi) is 6.56. The van der Waals surface area contributed by atoms with Crippen molar-refractivity contribution in [1.29, 1.82) is 0 Å². The van der Waals surface area contributed by atoms with Crippen molar-refractivity contribution in [3.63, 3.8) is 0 Å². The van der Waals surface area contributed by atoms with Crippen LogP contribution in [0.15, 0.2) is 4.42 Å². The van der Waals surface area contributed by atoms with Gasteiger partial charge in [0.25, 0.3) is 0 Å². The Hall–Kier alpha value is -1.36. The Morgan fingerprint density at radius 1 is 1.32 bits per heavy atom. The lowest BCUT2D eigenvalue weighted by Gasteiger charge is -2.02. The third kappa shape index (κ3) is 4.67. The number of aromatic nitrogens is 1. The first kappa shape index (κ1) is 15.7. The number of aryl methyl sites for hydroxylation is 1. The van der Waals surface area contributed by atoms with Crippen LogP contribution in [0.3, 0.4) is 0 Å². The van der Waals surface area contributed by atoms with E-state index in [0.717, 1.165) is 6.42 Å². The van der Waals surface area contributed by atoms with Crippen molar-refractivity contribution in [1.82, 2.24) is 4.98 Å². The van der Waals surface area contributed by atoms with Gasteiger partial charge in [0.2, 0.25) is 5.76 Å². The number of ether oxygens (including phenoxy) is 2. The monoisotopic (exact) mass is 269 g/mol. The van der Waals surface area contributed by atoms with E-state index in [1.54, 1.807) is 6.92 Å². The average Bonchev–Trinajstić information content (AvgIpc) is 2.79. The van der Waals surface area contributed by atoms with Gasteiger partial charge in [0, 0.05) is 19.6 Å². The molecule has 0 bridgehead atoms. The van der Waals surface area contributed by atoms with Gasteiger partial charge in [-0.1, -0.05) is 13.8 Å². The maximum atomic E-state index is 11.8. The number of nitrogens with zero attached hydrogens (tertiary/aromatic N) is 1. The lowest BCUT2D eigenvalue weighted by molar-refractivity contribution is 0.0485. The molecule has 108 valence electrons. The molecular weight excluding hydrogens is 246 g/mol. The molecule has 0 fully saturated rings. The molecule has 1 rings (SSSR count). The molecule has 0 saturated carbocycles. The van der Waals surface area contributed by atoms with Crippen LogP contribution in [0.5, 0.6) is 0 Å². The number of carbonyl (C=O) groups is 1. The molecule has 1 aromatic heterocycles. The Bertz CT molecular complexity index is 398. The van der Waals surface area contributed by atoms with E-state index in [4.69, 9.17) is 13.9 Å². The van der Waals surface area contributed by atoms with Crippen molar-refractivity contribution < 1.29 is 18.7 Å². The molecule has 1 heterocycles. The number of hydrogen-bond acceptors (Lipinski definition) is 5. The van der Waals surface area contributed by atoms with E-state index in [-0.39, 0.29) is 11.7 Å². The lowest BCUT2D eigenvalue weighted by Crippen LogP contribution is -2.07. The second-order valence-electron chi connectivity index (χ2n) is 4.50. The maximum Gasteiger partial charge on any atom is 0.376 e. The fourth-order valence-corrected chi connectivity index (χ4v) is 1.69. The van der Waals surface area contributed by atoms with Gasteiger partial charge < -0.3 is 13.9 Å². The SMILES string of the molecule is CCOCCCc1nc(C(C)C)c(C(=O)OCC)o1. The van der Waals surface area contributed by atoms with Crippen molar-refractivity contribution in [2.75, 3.05) is 19.8 Å². The van der Waals surface area contributed by atoms with Crippen molar-refractivity contribution in [3.8, 4) is 0 Å². The Balaban J connectivity index is 2.73. The van der Waals surface area contributed by atoms with Gasteiger partial charge in [-0.05, 0) is 26.2 Å². The van der Waals surface area contributed by atoms with Gasteiger partial charge in [-0.15, -0.1) is 0 Å². The molecule has 19 heavy (non-hydrogen) atoms. The third-order valence-electron chi connectivity index (χ3n) is 2.59. The standard InChI is InChI=1S/C14H23NO4/c1-5-17-9-7-8-11-15-12(10(3)4)13(19-11)14(16)18-6-2/h10H,5-9H2,1-4H3. The molecule has 0 aliphatic rings. The molecule has 0 aromatic carbocycles. The summed E-state index contributed by atoms with van der Waals surface area (Å²) in [6, 6.07) is 0. The zero-order valence-corrected chi connectivity index (χ0v) is 12.2. The minimum absolute atomic E-state index is 0.129. The molecule has 0 saturated heterocycles. The first-order valence-corrected chi connectivity index (χ1v) is 6.84. The maximum absolute atomic E-state index is 11.8. The van der Waals surface area contributed by atoms with Gasteiger partial charge in [0.1, 0.15) is 0 Å². The number of hydrogen-bond donors (Lipinski definition) is 0. The molecule has 5 nitrogen and oxygen atoms in total. The van der Waals surface area contributed by atoms with Gasteiger partial charge in [-0.25, -0.2) is 9.78 Å². The fourth-order valence-electron chi connectivity index (χ4n) is 1.69. The molecule has 0 aliphatic heterocycles. The number of oxazole rings is 1. The summed E-state index contributed by atoms with van der Waals surface area (Å²) in [6.07, 6.45) is 1.49. The Morgan fingerprint density at radius 3 is 2.63 bits per heavy atom. The van der Waals surface area contributed by atoms with E-state index < -0.39 is 5.97 Å². The first-order valence-electron chi connectivity index (χ1n) is 6.84. The molecular formula is C14H23NO4. The van der Waals surface area contributed by atoms with E-state index in [1.165, 1.54) is 0 Å². The van der Waals surface area contributed by atoms with Gasteiger partial charge in [-0.3, -0.25) is 0 Å². The van der Waals surface area contributed by atoms with Crippen LogP contribution in [-0.4, -0.2) is 30.8 Å². The van der Waals surface area contributed by atoms with Crippen molar-refractivity contribution in [2.45, 2.75) is 46.5 Å². The zero-order valence-electron chi connectivity index (χ0n) is 12.2. The normalized spacial score (nSPS) is 11.0. The second kappa shape index (κ2) is 7.94. The molecule has 5 heteroatoms. The molecule has 0 atom stereocenters. The second-order valence-corrected chi connectivity index (χ2v) is 4.50. The minimum Gasteiger partial charge on any atom is -0.460 e. The van der Waals surface area contributed by atoms with Crippen LogP contribution in [0.25, 0.3) is 0 Å².